The number of nitriles is 1. The van der Waals surface area contributed by atoms with Gasteiger partial charge in [0.05, 0.1) is 23.6 Å². The molecule has 0 aliphatic carbocycles. The minimum Gasteiger partial charge on any atom is -0.285 e. The van der Waals surface area contributed by atoms with Crippen molar-refractivity contribution in [3.8, 4) is 6.07 Å². The summed E-state index contributed by atoms with van der Waals surface area (Å²) in [4.78, 5) is 0. The number of sulfonamides is 1. The molecule has 0 radical (unpaired) electrons. The van der Waals surface area contributed by atoms with Crippen molar-refractivity contribution < 1.29 is 8.42 Å². The first-order valence-corrected chi connectivity index (χ1v) is 7.64. The molecule has 2 rings (SSSR count). The minimum atomic E-state index is -3.54. The third-order valence-electron chi connectivity index (χ3n) is 2.86. The molecule has 0 aliphatic rings. The molecule has 20 heavy (non-hydrogen) atoms. The number of H-pyrrole nitrogens is 1. The molecule has 0 fully saturated rings. The summed E-state index contributed by atoms with van der Waals surface area (Å²) in [6.45, 7) is 1.73. The van der Waals surface area contributed by atoms with Crippen molar-refractivity contribution in [2.45, 2.75) is 18.7 Å². The van der Waals surface area contributed by atoms with Crippen LogP contribution in [0.3, 0.4) is 0 Å². The van der Waals surface area contributed by atoms with E-state index in [9.17, 15) is 8.42 Å². The van der Waals surface area contributed by atoms with E-state index >= 15 is 0 Å². The van der Waals surface area contributed by atoms with Crippen molar-refractivity contribution in [1.29, 1.82) is 5.26 Å². The summed E-state index contributed by atoms with van der Waals surface area (Å²) in [6.07, 6.45) is 3.20. The molecule has 0 saturated heterocycles. The van der Waals surface area contributed by atoms with E-state index in [1.165, 1.54) is 0 Å². The van der Waals surface area contributed by atoms with Crippen molar-refractivity contribution in [2.75, 3.05) is 0 Å². The van der Waals surface area contributed by atoms with Gasteiger partial charge >= 0.3 is 0 Å². The molecular weight excluding hydrogens is 276 g/mol. The average molecular weight is 290 g/mol. The zero-order valence-corrected chi connectivity index (χ0v) is 11.7. The monoisotopic (exact) mass is 290 g/mol. The van der Waals surface area contributed by atoms with E-state index in [2.05, 4.69) is 14.9 Å². The Labute approximate surface area is 117 Å². The fraction of sp³-hybridized carbons (Fsp3) is 0.231. The van der Waals surface area contributed by atoms with Gasteiger partial charge < -0.3 is 0 Å². The third kappa shape index (κ3) is 3.44. The molecule has 2 aromatic rings. The molecule has 104 valence electrons. The Morgan fingerprint density at radius 3 is 2.85 bits per heavy atom. The number of rotatable bonds is 5. The second kappa shape index (κ2) is 5.86. The molecule has 1 atom stereocenters. The van der Waals surface area contributed by atoms with E-state index in [-0.39, 0.29) is 11.8 Å². The first-order valence-electron chi connectivity index (χ1n) is 5.98. The molecule has 0 saturated carbocycles. The lowest BCUT2D eigenvalue weighted by Crippen LogP contribution is -2.28. The average Bonchev–Trinajstić information content (AvgIpc) is 2.92. The van der Waals surface area contributed by atoms with Gasteiger partial charge in [-0.05, 0) is 18.6 Å². The van der Waals surface area contributed by atoms with Crippen LogP contribution in [-0.2, 0) is 15.8 Å². The second-order valence-electron chi connectivity index (χ2n) is 4.40. The molecule has 1 heterocycles. The topological polar surface area (TPSA) is 98.6 Å². The Balaban J connectivity index is 2.14. The number of benzene rings is 1. The highest BCUT2D eigenvalue weighted by Gasteiger charge is 2.18. The van der Waals surface area contributed by atoms with E-state index < -0.39 is 10.0 Å². The number of aromatic amines is 1. The van der Waals surface area contributed by atoms with Crippen LogP contribution < -0.4 is 4.72 Å². The molecule has 0 aliphatic heterocycles. The summed E-state index contributed by atoms with van der Waals surface area (Å²) < 4.78 is 26.8. The smallest absolute Gasteiger partial charge is 0.216 e. The lowest BCUT2D eigenvalue weighted by molar-refractivity contribution is 0.566. The van der Waals surface area contributed by atoms with Crippen LogP contribution in [0, 0.1) is 11.3 Å². The predicted octanol–water partition coefficient (Wildman–Crippen LogP) is 1.46. The molecule has 7 heteroatoms. The van der Waals surface area contributed by atoms with Gasteiger partial charge in [-0.1, -0.05) is 18.2 Å². The summed E-state index contributed by atoms with van der Waals surface area (Å²) in [5, 5.41) is 15.4. The van der Waals surface area contributed by atoms with Crippen LogP contribution >= 0.6 is 0 Å². The fourth-order valence-corrected chi connectivity index (χ4v) is 3.26. The van der Waals surface area contributed by atoms with Gasteiger partial charge in [-0.15, -0.1) is 0 Å². The number of nitrogens with one attached hydrogen (secondary N) is 2. The molecule has 1 aromatic carbocycles. The van der Waals surface area contributed by atoms with Crippen molar-refractivity contribution in [1.82, 2.24) is 14.9 Å². The van der Waals surface area contributed by atoms with E-state index in [0.29, 0.717) is 11.1 Å². The molecule has 1 aromatic heterocycles. The maximum Gasteiger partial charge on any atom is 0.216 e. The lowest BCUT2D eigenvalue weighted by Gasteiger charge is -2.13. The maximum absolute atomic E-state index is 12.1. The molecule has 6 nitrogen and oxygen atoms in total. The quantitative estimate of drug-likeness (QED) is 0.870. The van der Waals surface area contributed by atoms with Gasteiger partial charge in [0.25, 0.3) is 0 Å². The Morgan fingerprint density at radius 1 is 1.45 bits per heavy atom. The van der Waals surface area contributed by atoms with E-state index in [1.807, 2.05) is 6.07 Å². The van der Waals surface area contributed by atoms with Gasteiger partial charge in [0, 0.05) is 17.8 Å². The Hall–Kier alpha value is -2.17. The van der Waals surface area contributed by atoms with Crippen LogP contribution in [0.5, 0.6) is 0 Å². The van der Waals surface area contributed by atoms with E-state index in [1.54, 1.807) is 43.6 Å². The van der Waals surface area contributed by atoms with Crippen LogP contribution in [-0.4, -0.2) is 18.6 Å². The second-order valence-corrected chi connectivity index (χ2v) is 6.15. The number of nitrogens with zero attached hydrogens (tertiary/aromatic N) is 2. The molecule has 1 unspecified atom stereocenters. The first-order chi connectivity index (χ1) is 9.52. The van der Waals surface area contributed by atoms with Gasteiger partial charge in [0.15, 0.2) is 0 Å². The highest BCUT2D eigenvalue weighted by Crippen LogP contribution is 2.15. The van der Waals surface area contributed by atoms with Gasteiger partial charge in [0.2, 0.25) is 10.0 Å². The van der Waals surface area contributed by atoms with Crippen LogP contribution in [0.25, 0.3) is 0 Å². The van der Waals surface area contributed by atoms with E-state index in [4.69, 9.17) is 5.26 Å². The Morgan fingerprint density at radius 2 is 2.20 bits per heavy atom. The normalized spacial score (nSPS) is 12.8. The third-order valence-corrected chi connectivity index (χ3v) is 4.26. The number of hydrogen-bond acceptors (Lipinski definition) is 4. The van der Waals surface area contributed by atoms with Crippen molar-refractivity contribution in [2.24, 2.45) is 0 Å². The standard InChI is InChI=1S/C13H14N4O2S/c1-10(13-7-15-16-8-13)17-20(18,19)9-12-5-3-2-4-11(12)6-14/h2-5,7-8,10,17H,9H2,1H3,(H,15,16). The van der Waals surface area contributed by atoms with Gasteiger partial charge in [0.1, 0.15) is 0 Å². The number of hydrogen-bond donors (Lipinski definition) is 2. The van der Waals surface area contributed by atoms with Crippen LogP contribution in [0.1, 0.15) is 29.7 Å². The molecular formula is C13H14N4O2S. The minimum absolute atomic E-state index is 0.223. The van der Waals surface area contributed by atoms with Crippen LogP contribution in [0.4, 0.5) is 0 Å². The van der Waals surface area contributed by atoms with Gasteiger partial charge in [-0.25, -0.2) is 13.1 Å². The zero-order chi connectivity index (χ0) is 14.6. The first kappa shape index (κ1) is 14.2. The van der Waals surface area contributed by atoms with Crippen molar-refractivity contribution >= 4 is 10.0 Å². The zero-order valence-electron chi connectivity index (χ0n) is 10.9. The molecule has 2 N–H and O–H groups in total. The Kier molecular flexibility index (Phi) is 4.17. The van der Waals surface area contributed by atoms with Gasteiger partial charge in [-0.2, -0.15) is 10.4 Å². The Bertz CT molecular complexity index is 717. The highest BCUT2D eigenvalue weighted by molar-refractivity contribution is 7.88. The summed E-state index contributed by atoms with van der Waals surface area (Å²) in [7, 11) is -3.54. The largest absolute Gasteiger partial charge is 0.285 e. The van der Waals surface area contributed by atoms with Crippen molar-refractivity contribution in [3.05, 3.63) is 53.3 Å². The van der Waals surface area contributed by atoms with Crippen LogP contribution in [0.15, 0.2) is 36.7 Å². The molecule has 0 spiro atoms. The van der Waals surface area contributed by atoms with Gasteiger partial charge in [-0.3, -0.25) is 5.10 Å². The SMILES string of the molecule is CC(NS(=O)(=O)Cc1ccccc1C#N)c1cn[nH]c1. The number of aromatic nitrogens is 2. The summed E-state index contributed by atoms with van der Waals surface area (Å²) in [5.74, 6) is -0.223. The molecule has 0 bridgehead atoms. The fourth-order valence-electron chi connectivity index (χ4n) is 1.84. The van der Waals surface area contributed by atoms with Crippen molar-refractivity contribution in [3.63, 3.8) is 0 Å². The van der Waals surface area contributed by atoms with E-state index in [0.717, 1.165) is 5.56 Å². The predicted molar refractivity (Wildman–Crippen MR) is 73.9 cm³/mol. The molecule has 0 amide bonds. The van der Waals surface area contributed by atoms with Crippen LogP contribution in [0.2, 0.25) is 0 Å². The highest BCUT2D eigenvalue weighted by atomic mass is 32.2. The summed E-state index contributed by atoms with van der Waals surface area (Å²) >= 11 is 0. The summed E-state index contributed by atoms with van der Waals surface area (Å²) in [6, 6.07) is 8.27. The summed E-state index contributed by atoms with van der Waals surface area (Å²) in [5.41, 5.74) is 1.61. The lowest BCUT2D eigenvalue weighted by atomic mass is 10.1. The maximum atomic E-state index is 12.1.